The average Bonchev–Trinajstić information content (AvgIpc) is 3.37. The highest BCUT2D eigenvalue weighted by Crippen LogP contribution is 2.39. The number of fused-ring (bicyclic) bond motifs is 1. The van der Waals surface area contributed by atoms with E-state index >= 15 is 0 Å². The number of hydrogen-bond acceptors (Lipinski definition) is 6. The quantitative estimate of drug-likeness (QED) is 0.336. The number of carbonyl (C=O) groups is 2. The number of aromatic nitrogens is 1. The molecule has 2 atom stereocenters. The number of benzene rings is 2. The summed E-state index contributed by atoms with van der Waals surface area (Å²) in [6, 6.07) is 10.2. The van der Waals surface area contributed by atoms with Crippen molar-refractivity contribution in [3.05, 3.63) is 64.8 Å². The van der Waals surface area contributed by atoms with Crippen LogP contribution in [0.4, 0.5) is 13.2 Å². The number of ether oxygens (including phenoxy) is 3. The highest BCUT2D eigenvalue weighted by Gasteiger charge is 2.42. The maximum absolute atomic E-state index is 12.5. The molecule has 1 aromatic heterocycles. The third-order valence-corrected chi connectivity index (χ3v) is 6.86. The summed E-state index contributed by atoms with van der Waals surface area (Å²) >= 11 is 0. The van der Waals surface area contributed by atoms with Crippen molar-refractivity contribution in [1.29, 1.82) is 0 Å². The number of methoxy groups -OCH3 is 2. The number of aryl methyl sites for hydroxylation is 1. The van der Waals surface area contributed by atoms with Crippen LogP contribution in [0.25, 0.3) is 10.9 Å². The predicted octanol–water partition coefficient (Wildman–Crippen LogP) is 5.33. The first-order chi connectivity index (χ1) is 17.6. The van der Waals surface area contributed by atoms with Gasteiger partial charge in [-0.05, 0) is 67.6 Å². The Morgan fingerprint density at radius 3 is 2.51 bits per heavy atom. The molecule has 37 heavy (non-hydrogen) atoms. The topological polar surface area (TPSA) is 80.9 Å². The third kappa shape index (κ3) is 5.80. The van der Waals surface area contributed by atoms with Crippen molar-refractivity contribution < 1.29 is 37.0 Å². The molecule has 1 saturated heterocycles. The van der Waals surface area contributed by atoms with E-state index in [4.69, 9.17) is 9.47 Å². The minimum atomic E-state index is -5.24. The van der Waals surface area contributed by atoms with Gasteiger partial charge in [-0.25, -0.2) is 9.59 Å². The molecule has 1 aliphatic rings. The summed E-state index contributed by atoms with van der Waals surface area (Å²) in [6.45, 7) is 4.06. The van der Waals surface area contributed by atoms with Gasteiger partial charge in [-0.15, -0.1) is 0 Å². The van der Waals surface area contributed by atoms with Crippen molar-refractivity contribution in [3.8, 4) is 5.75 Å². The molecule has 1 fully saturated rings. The molecule has 1 N–H and O–H groups in total. The van der Waals surface area contributed by atoms with Crippen LogP contribution >= 0.6 is 0 Å². The Hall–Kier alpha value is -3.37. The first kappa shape index (κ1) is 26.7. The molecule has 7 nitrogen and oxygen atoms in total. The van der Waals surface area contributed by atoms with Gasteiger partial charge in [0.05, 0.1) is 12.7 Å². The molecule has 4 rings (SSSR count). The predicted molar refractivity (Wildman–Crippen MR) is 130 cm³/mol. The molecule has 0 bridgehead atoms. The van der Waals surface area contributed by atoms with Crippen LogP contribution in [0.15, 0.2) is 42.6 Å². The maximum atomic E-state index is 12.5. The van der Waals surface area contributed by atoms with E-state index in [0.717, 1.165) is 52.7 Å². The van der Waals surface area contributed by atoms with Gasteiger partial charge in [-0.1, -0.05) is 12.1 Å². The number of aromatic amines is 1. The molecule has 1 aliphatic heterocycles. The molecule has 198 valence electrons. The number of rotatable bonds is 7. The smallest absolute Gasteiger partial charge is 0.491 e. The zero-order chi connectivity index (χ0) is 26.7. The Labute approximate surface area is 212 Å². The summed E-state index contributed by atoms with van der Waals surface area (Å²) in [6.07, 6.45) is -1.59. The van der Waals surface area contributed by atoms with E-state index in [1.54, 1.807) is 26.4 Å². The largest absolute Gasteiger partial charge is 0.496 e. The zero-order valence-electron chi connectivity index (χ0n) is 20.9. The number of likely N-dealkylation sites (tertiary alicyclic amines) is 1. The second kappa shape index (κ2) is 10.9. The fourth-order valence-electron chi connectivity index (χ4n) is 5.04. The van der Waals surface area contributed by atoms with Crippen molar-refractivity contribution in [3.63, 3.8) is 0 Å². The van der Waals surface area contributed by atoms with Crippen molar-refractivity contribution >= 4 is 22.8 Å². The number of piperidine rings is 1. The number of nitrogens with zero attached hydrogens (tertiary/aromatic N) is 1. The molecule has 2 aromatic carbocycles. The van der Waals surface area contributed by atoms with E-state index < -0.39 is 18.1 Å². The number of esters is 2. The van der Waals surface area contributed by atoms with Gasteiger partial charge in [0.1, 0.15) is 5.75 Å². The molecular formula is C27H29F3N2O5. The first-order valence-electron chi connectivity index (χ1n) is 11.9. The molecule has 0 unspecified atom stereocenters. The van der Waals surface area contributed by atoms with Crippen LogP contribution in [-0.2, 0) is 20.8 Å². The van der Waals surface area contributed by atoms with E-state index in [0.29, 0.717) is 19.1 Å². The van der Waals surface area contributed by atoms with Gasteiger partial charge < -0.3 is 19.2 Å². The SMILES string of the molecule is COC[C@H]1CCN(Cc2c(OC)cc(C)c3[nH]ccc23)[C@H](c2ccc(C(=O)OC(=O)C(F)(F)F)cc2)C1. The molecule has 0 spiro atoms. The van der Waals surface area contributed by atoms with Gasteiger partial charge in [-0.3, -0.25) is 4.90 Å². The van der Waals surface area contributed by atoms with Crippen molar-refractivity contribution in [2.75, 3.05) is 27.4 Å². The minimum Gasteiger partial charge on any atom is -0.496 e. The molecule has 0 aliphatic carbocycles. The summed E-state index contributed by atoms with van der Waals surface area (Å²) in [7, 11) is 3.32. The fraction of sp³-hybridized carbons (Fsp3) is 0.407. The Kier molecular flexibility index (Phi) is 7.89. The second-order valence-electron chi connectivity index (χ2n) is 9.27. The van der Waals surface area contributed by atoms with Gasteiger partial charge in [0.25, 0.3) is 0 Å². The zero-order valence-corrected chi connectivity index (χ0v) is 20.9. The fourth-order valence-corrected chi connectivity index (χ4v) is 5.04. The molecule has 3 aromatic rings. The first-order valence-corrected chi connectivity index (χ1v) is 11.9. The highest BCUT2D eigenvalue weighted by molar-refractivity contribution is 5.98. The van der Waals surface area contributed by atoms with Gasteiger partial charge in [-0.2, -0.15) is 13.2 Å². The molecule has 2 heterocycles. The van der Waals surface area contributed by atoms with Crippen LogP contribution in [0.3, 0.4) is 0 Å². The van der Waals surface area contributed by atoms with Gasteiger partial charge in [0.15, 0.2) is 0 Å². The van der Waals surface area contributed by atoms with Gasteiger partial charge in [0.2, 0.25) is 0 Å². The Morgan fingerprint density at radius 1 is 1.14 bits per heavy atom. The Morgan fingerprint density at radius 2 is 1.86 bits per heavy atom. The third-order valence-electron chi connectivity index (χ3n) is 6.86. The Balaban J connectivity index is 1.61. The van der Waals surface area contributed by atoms with Crippen LogP contribution in [0.1, 0.15) is 45.9 Å². The summed E-state index contributed by atoms with van der Waals surface area (Å²) in [5.74, 6) is -2.75. The summed E-state index contributed by atoms with van der Waals surface area (Å²) in [5, 5.41) is 1.09. The number of alkyl halides is 3. The second-order valence-corrected chi connectivity index (χ2v) is 9.27. The number of halogens is 3. The van der Waals surface area contributed by atoms with Crippen LogP contribution in [0.2, 0.25) is 0 Å². The van der Waals surface area contributed by atoms with Gasteiger partial charge in [0, 0.05) is 49.0 Å². The number of H-pyrrole nitrogens is 1. The van der Waals surface area contributed by atoms with Crippen LogP contribution in [0.5, 0.6) is 5.75 Å². The van der Waals surface area contributed by atoms with Crippen LogP contribution in [-0.4, -0.2) is 55.4 Å². The molecule has 0 saturated carbocycles. The highest BCUT2D eigenvalue weighted by atomic mass is 19.4. The molecule has 0 amide bonds. The number of hydrogen-bond donors (Lipinski definition) is 1. The summed E-state index contributed by atoms with van der Waals surface area (Å²) in [5.41, 5.74) is 3.97. The van der Waals surface area contributed by atoms with Crippen molar-refractivity contribution in [2.45, 2.75) is 38.5 Å². The molecule has 10 heteroatoms. The lowest BCUT2D eigenvalue weighted by atomic mass is 9.86. The summed E-state index contributed by atoms with van der Waals surface area (Å²) < 4.78 is 52.4. The van der Waals surface area contributed by atoms with Crippen molar-refractivity contribution in [2.24, 2.45) is 5.92 Å². The van der Waals surface area contributed by atoms with Crippen molar-refractivity contribution in [1.82, 2.24) is 9.88 Å². The van der Waals surface area contributed by atoms with E-state index in [9.17, 15) is 22.8 Å². The number of carbonyl (C=O) groups excluding carboxylic acids is 2. The molecular weight excluding hydrogens is 489 g/mol. The maximum Gasteiger partial charge on any atom is 0.491 e. The van der Waals surface area contributed by atoms with E-state index in [2.05, 4.69) is 14.6 Å². The monoisotopic (exact) mass is 518 g/mol. The lowest BCUT2D eigenvalue weighted by molar-refractivity contribution is -0.193. The standard InChI is InChI=1S/C27H29F3N2O5/c1-16-12-23(36-3)21(20-8-10-31-24(16)20)14-32-11-9-17(15-35-2)13-22(32)18-4-6-19(7-5-18)25(33)37-26(34)27(28,29)30/h4-8,10,12,17,22,31H,9,11,13-15H2,1-3H3/t17-,22-/m0/s1. The summed E-state index contributed by atoms with van der Waals surface area (Å²) in [4.78, 5) is 28.7. The average molecular weight is 519 g/mol. The van der Waals surface area contributed by atoms with Crippen LogP contribution < -0.4 is 4.74 Å². The lowest BCUT2D eigenvalue weighted by Gasteiger charge is -2.40. The van der Waals surface area contributed by atoms with E-state index in [1.165, 1.54) is 12.1 Å². The molecule has 0 radical (unpaired) electrons. The number of nitrogens with one attached hydrogen (secondary N) is 1. The van der Waals surface area contributed by atoms with E-state index in [1.807, 2.05) is 25.3 Å². The lowest BCUT2D eigenvalue weighted by Crippen LogP contribution is -2.37. The minimum absolute atomic E-state index is 0.0317. The Bertz CT molecular complexity index is 1270. The van der Waals surface area contributed by atoms with E-state index in [-0.39, 0.29) is 11.6 Å². The normalized spacial score (nSPS) is 18.6. The van der Waals surface area contributed by atoms with Crippen LogP contribution in [0, 0.1) is 12.8 Å². The van der Waals surface area contributed by atoms with Gasteiger partial charge >= 0.3 is 18.1 Å².